The normalized spacial score (nSPS) is 29.8. The highest BCUT2D eigenvalue weighted by Gasteiger charge is 2.42. The summed E-state index contributed by atoms with van der Waals surface area (Å²) in [5.41, 5.74) is 5.84. The largest absolute Gasteiger partial charge is 0.416 e. The molecule has 0 radical (unpaired) electrons. The number of halogens is 3. The lowest BCUT2D eigenvalue weighted by Gasteiger charge is -2.23. The molecule has 3 unspecified atom stereocenters. The van der Waals surface area contributed by atoms with Gasteiger partial charge in [0.1, 0.15) is 0 Å². The second-order valence-corrected chi connectivity index (χ2v) is 5.74. The van der Waals surface area contributed by atoms with Crippen LogP contribution in [-0.4, -0.2) is 24.3 Å². The molecule has 2 fully saturated rings. The molecule has 0 spiro atoms. The molecule has 1 aromatic rings. The Kier molecular flexibility index (Phi) is 3.08. The van der Waals surface area contributed by atoms with Gasteiger partial charge in [-0.05, 0) is 37.0 Å². The van der Waals surface area contributed by atoms with E-state index < -0.39 is 11.7 Å². The van der Waals surface area contributed by atoms with Gasteiger partial charge in [0.25, 0.3) is 0 Å². The Hall–Kier alpha value is -1.43. The van der Waals surface area contributed by atoms with Crippen LogP contribution in [0.5, 0.6) is 0 Å². The van der Waals surface area contributed by atoms with Crippen LogP contribution in [0, 0.1) is 11.8 Å². The summed E-state index contributed by atoms with van der Waals surface area (Å²) in [4.78, 5) is 1.99. The molecule has 3 atom stereocenters. The van der Waals surface area contributed by atoms with Gasteiger partial charge in [-0.2, -0.15) is 13.2 Å². The van der Waals surface area contributed by atoms with Crippen LogP contribution >= 0.6 is 0 Å². The van der Waals surface area contributed by atoms with Crippen LogP contribution in [0.15, 0.2) is 18.2 Å². The second-order valence-electron chi connectivity index (χ2n) is 5.74. The molecule has 1 aliphatic heterocycles. The molecule has 1 saturated carbocycles. The number of alkyl halides is 3. The average Bonchev–Trinajstić information content (AvgIpc) is 2.91. The van der Waals surface area contributed by atoms with Crippen molar-refractivity contribution in [3.63, 3.8) is 0 Å². The molecule has 3 rings (SSSR count). The molecule has 110 valence electrons. The van der Waals surface area contributed by atoms with E-state index in [1.165, 1.54) is 6.07 Å². The van der Waals surface area contributed by atoms with E-state index >= 15 is 0 Å². The van der Waals surface area contributed by atoms with Gasteiger partial charge in [-0.15, -0.1) is 0 Å². The zero-order valence-corrected chi connectivity index (χ0v) is 10.9. The smallest absolute Gasteiger partial charge is 0.397 e. The lowest BCUT2D eigenvalue weighted by Crippen LogP contribution is -2.25. The minimum Gasteiger partial charge on any atom is -0.397 e. The molecule has 1 saturated heterocycles. The zero-order valence-electron chi connectivity index (χ0n) is 10.9. The number of rotatable bonds is 1. The number of anilines is 2. The maximum absolute atomic E-state index is 12.6. The van der Waals surface area contributed by atoms with Crippen LogP contribution in [0.3, 0.4) is 0 Å². The molecule has 0 amide bonds. The van der Waals surface area contributed by atoms with Gasteiger partial charge in [0.05, 0.1) is 23.0 Å². The fourth-order valence-electron chi connectivity index (χ4n) is 3.45. The highest BCUT2D eigenvalue weighted by molar-refractivity contribution is 5.69. The summed E-state index contributed by atoms with van der Waals surface area (Å²) in [6.07, 6.45) is -2.86. The molecule has 1 aromatic carbocycles. The minimum absolute atomic E-state index is 0.147. The van der Waals surface area contributed by atoms with E-state index in [1.54, 1.807) is 0 Å². The quantitative estimate of drug-likeness (QED) is 0.780. The molecule has 3 nitrogen and oxygen atoms in total. The first-order valence-electron chi connectivity index (χ1n) is 6.76. The Bertz CT molecular complexity index is 518. The minimum atomic E-state index is -4.37. The third-order valence-electron chi connectivity index (χ3n) is 4.51. The maximum Gasteiger partial charge on any atom is 0.416 e. The zero-order chi connectivity index (χ0) is 14.5. The molecule has 3 N–H and O–H groups in total. The molecule has 0 bridgehead atoms. The van der Waals surface area contributed by atoms with Gasteiger partial charge < -0.3 is 15.7 Å². The molecule has 1 heterocycles. The number of benzene rings is 1. The number of nitrogens with zero attached hydrogens (tertiary/aromatic N) is 1. The van der Waals surface area contributed by atoms with Crippen LogP contribution < -0.4 is 10.6 Å². The average molecular weight is 286 g/mol. The first kappa shape index (κ1) is 13.5. The van der Waals surface area contributed by atoms with Crippen molar-refractivity contribution in [1.82, 2.24) is 0 Å². The van der Waals surface area contributed by atoms with E-state index in [2.05, 4.69) is 0 Å². The summed E-state index contributed by atoms with van der Waals surface area (Å²) >= 11 is 0. The number of nitrogen functional groups attached to an aromatic ring is 1. The van der Waals surface area contributed by atoms with E-state index in [-0.39, 0.29) is 17.7 Å². The SMILES string of the molecule is Nc1cc(C(F)(F)F)ccc1N1CC2CCC(O)C2C1. The molecule has 2 aliphatic rings. The lowest BCUT2D eigenvalue weighted by molar-refractivity contribution is -0.137. The number of hydrogen-bond acceptors (Lipinski definition) is 3. The van der Waals surface area contributed by atoms with E-state index in [1.807, 2.05) is 4.90 Å². The summed E-state index contributed by atoms with van der Waals surface area (Å²) < 4.78 is 37.8. The molecular weight excluding hydrogens is 269 g/mol. The summed E-state index contributed by atoms with van der Waals surface area (Å²) in [6, 6.07) is 3.49. The van der Waals surface area contributed by atoms with Crippen LogP contribution in [-0.2, 0) is 6.18 Å². The van der Waals surface area contributed by atoms with Crippen molar-refractivity contribution in [3.05, 3.63) is 23.8 Å². The first-order chi connectivity index (χ1) is 9.36. The third kappa shape index (κ3) is 2.22. The lowest BCUT2D eigenvalue weighted by atomic mass is 10.00. The van der Waals surface area contributed by atoms with Gasteiger partial charge in [-0.3, -0.25) is 0 Å². The predicted molar refractivity (Wildman–Crippen MR) is 70.3 cm³/mol. The van der Waals surface area contributed by atoms with Gasteiger partial charge >= 0.3 is 6.18 Å². The number of fused-ring (bicyclic) bond motifs is 1. The van der Waals surface area contributed by atoms with Crippen molar-refractivity contribution in [2.24, 2.45) is 11.8 Å². The first-order valence-corrected chi connectivity index (χ1v) is 6.76. The Balaban J connectivity index is 1.82. The van der Waals surface area contributed by atoms with Crippen molar-refractivity contribution in [2.45, 2.75) is 25.1 Å². The summed E-state index contributed by atoms with van der Waals surface area (Å²) in [6.45, 7) is 1.43. The summed E-state index contributed by atoms with van der Waals surface area (Å²) in [5, 5.41) is 9.88. The van der Waals surface area contributed by atoms with E-state index in [9.17, 15) is 18.3 Å². The van der Waals surface area contributed by atoms with E-state index in [0.29, 0.717) is 18.2 Å². The number of hydrogen-bond donors (Lipinski definition) is 2. The highest BCUT2D eigenvalue weighted by atomic mass is 19.4. The van der Waals surface area contributed by atoms with E-state index in [4.69, 9.17) is 5.73 Å². The van der Waals surface area contributed by atoms with Crippen LogP contribution in [0.4, 0.5) is 24.5 Å². The topological polar surface area (TPSA) is 49.5 Å². The van der Waals surface area contributed by atoms with Gasteiger partial charge in [0.15, 0.2) is 0 Å². The fraction of sp³-hybridized carbons (Fsp3) is 0.571. The van der Waals surface area contributed by atoms with Crippen molar-refractivity contribution >= 4 is 11.4 Å². The standard InChI is InChI=1S/C14H17F3N2O/c15-14(16,17)9-2-3-12(11(18)5-9)19-6-8-1-4-13(20)10(8)7-19/h2-3,5,8,10,13,20H,1,4,6-7,18H2. The van der Waals surface area contributed by atoms with Crippen molar-refractivity contribution in [1.29, 1.82) is 0 Å². The van der Waals surface area contributed by atoms with Crippen molar-refractivity contribution in [3.8, 4) is 0 Å². The molecule has 0 aromatic heterocycles. The summed E-state index contributed by atoms with van der Waals surface area (Å²) in [5.74, 6) is 0.642. The van der Waals surface area contributed by atoms with Crippen LogP contribution in [0.1, 0.15) is 18.4 Å². The van der Waals surface area contributed by atoms with Crippen molar-refractivity contribution in [2.75, 3.05) is 23.7 Å². The molecular formula is C14H17F3N2O. The van der Waals surface area contributed by atoms with Crippen LogP contribution in [0.2, 0.25) is 0 Å². The molecule has 6 heteroatoms. The highest BCUT2D eigenvalue weighted by Crippen LogP contribution is 2.42. The Morgan fingerprint density at radius 2 is 1.95 bits per heavy atom. The summed E-state index contributed by atoms with van der Waals surface area (Å²) in [7, 11) is 0. The maximum atomic E-state index is 12.6. The monoisotopic (exact) mass is 286 g/mol. The Morgan fingerprint density at radius 3 is 2.55 bits per heavy atom. The molecule has 20 heavy (non-hydrogen) atoms. The van der Waals surface area contributed by atoms with Gasteiger partial charge in [-0.1, -0.05) is 0 Å². The van der Waals surface area contributed by atoms with Crippen molar-refractivity contribution < 1.29 is 18.3 Å². The second kappa shape index (κ2) is 4.55. The Labute approximate surface area is 115 Å². The van der Waals surface area contributed by atoms with Gasteiger partial charge in [-0.25, -0.2) is 0 Å². The molecule has 1 aliphatic carbocycles. The van der Waals surface area contributed by atoms with Crippen LogP contribution in [0.25, 0.3) is 0 Å². The van der Waals surface area contributed by atoms with E-state index in [0.717, 1.165) is 31.5 Å². The predicted octanol–water partition coefficient (Wildman–Crippen LogP) is 2.49. The third-order valence-corrected chi connectivity index (χ3v) is 4.51. The number of nitrogens with two attached hydrogens (primary N) is 1. The number of aliphatic hydroxyl groups is 1. The fourth-order valence-corrected chi connectivity index (χ4v) is 3.45. The Morgan fingerprint density at radius 1 is 1.20 bits per heavy atom. The number of aliphatic hydroxyl groups excluding tert-OH is 1. The van der Waals surface area contributed by atoms with Gasteiger partial charge in [0, 0.05) is 19.0 Å². The van der Waals surface area contributed by atoms with Gasteiger partial charge in [0.2, 0.25) is 0 Å².